The molecule has 0 fully saturated rings. The lowest BCUT2D eigenvalue weighted by atomic mass is 9.94. The summed E-state index contributed by atoms with van der Waals surface area (Å²) in [6, 6.07) is 13.7. The van der Waals surface area contributed by atoms with E-state index >= 15 is 0 Å². The molecule has 1 aliphatic heterocycles. The molecule has 1 heterocycles. The van der Waals surface area contributed by atoms with Crippen LogP contribution in [0, 0.1) is 0 Å². The number of methoxy groups -OCH3 is 2. The Bertz CT molecular complexity index is 825. The first-order chi connectivity index (χ1) is 12.0. The van der Waals surface area contributed by atoms with Crippen LogP contribution >= 0.6 is 11.8 Å². The Morgan fingerprint density at radius 2 is 1.64 bits per heavy atom. The summed E-state index contributed by atoms with van der Waals surface area (Å²) in [4.78, 5) is 14.7. The van der Waals surface area contributed by atoms with Crippen LogP contribution in [0.25, 0.3) is 5.57 Å². The molecule has 0 spiro atoms. The fourth-order valence-electron chi connectivity index (χ4n) is 2.59. The number of carbonyl (C=O) groups is 1. The SMILES string of the molecule is COc1cc(Sc2ccccc2)c(C2=COC(C)(C)C2=O)cc1OC. The maximum absolute atomic E-state index is 12.7. The third-order valence-electron chi connectivity index (χ3n) is 4.01. The molecule has 2 aromatic rings. The summed E-state index contributed by atoms with van der Waals surface area (Å²) in [6.07, 6.45) is 1.54. The number of carbonyl (C=O) groups excluding carboxylic acids is 1. The van der Waals surface area contributed by atoms with E-state index in [4.69, 9.17) is 14.2 Å². The van der Waals surface area contributed by atoms with Gasteiger partial charge in [0.2, 0.25) is 5.78 Å². The fourth-order valence-corrected chi connectivity index (χ4v) is 3.59. The molecule has 0 saturated heterocycles. The Morgan fingerprint density at radius 3 is 2.20 bits per heavy atom. The van der Waals surface area contributed by atoms with E-state index in [0.717, 1.165) is 15.4 Å². The lowest BCUT2D eigenvalue weighted by Crippen LogP contribution is -2.29. The first-order valence-electron chi connectivity index (χ1n) is 7.88. The van der Waals surface area contributed by atoms with Gasteiger partial charge in [-0.1, -0.05) is 30.0 Å². The van der Waals surface area contributed by atoms with Gasteiger partial charge in [-0.05, 0) is 38.1 Å². The van der Waals surface area contributed by atoms with Crippen molar-refractivity contribution in [2.45, 2.75) is 29.2 Å². The summed E-state index contributed by atoms with van der Waals surface area (Å²) in [7, 11) is 3.18. The number of benzene rings is 2. The first-order valence-corrected chi connectivity index (χ1v) is 8.70. The molecule has 0 atom stereocenters. The minimum atomic E-state index is -0.850. The van der Waals surface area contributed by atoms with Gasteiger partial charge in [0.25, 0.3) is 0 Å². The van der Waals surface area contributed by atoms with Crippen LogP contribution in [0.15, 0.2) is 58.5 Å². The smallest absolute Gasteiger partial charge is 0.209 e. The number of hydrogen-bond acceptors (Lipinski definition) is 5. The summed E-state index contributed by atoms with van der Waals surface area (Å²) >= 11 is 1.57. The zero-order valence-electron chi connectivity index (χ0n) is 14.7. The molecule has 2 aromatic carbocycles. The van der Waals surface area contributed by atoms with Gasteiger partial charge in [0.05, 0.1) is 26.1 Å². The highest BCUT2D eigenvalue weighted by Gasteiger charge is 2.38. The quantitative estimate of drug-likeness (QED) is 0.785. The lowest BCUT2D eigenvalue weighted by molar-refractivity contribution is -0.125. The van der Waals surface area contributed by atoms with E-state index in [1.54, 1.807) is 46.1 Å². The van der Waals surface area contributed by atoms with Crippen LogP contribution in [0.3, 0.4) is 0 Å². The predicted octanol–water partition coefficient (Wildman–Crippen LogP) is 4.57. The van der Waals surface area contributed by atoms with Crippen LogP contribution in [-0.4, -0.2) is 25.6 Å². The standard InChI is InChI=1S/C20H20O4S/c1-20(2)19(21)15(12-24-20)14-10-16(22-3)17(23-4)11-18(14)25-13-8-6-5-7-9-13/h5-12H,1-4H3. The average Bonchev–Trinajstić information content (AvgIpc) is 2.89. The van der Waals surface area contributed by atoms with Gasteiger partial charge in [0, 0.05) is 15.4 Å². The third kappa shape index (κ3) is 3.37. The Morgan fingerprint density at radius 1 is 1.00 bits per heavy atom. The molecule has 0 unspecified atom stereocenters. The highest BCUT2D eigenvalue weighted by atomic mass is 32.2. The Balaban J connectivity index is 2.10. The molecule has 3 rings (SSSR count). The molecule has 5 heteroatoms. The Hall–Kier alpha value is -2.40. The normalized spacial score (nSPS) is 15.5. The Kier molecular flexibility index (Phi) is 4.77. The number of hydrogen-bond donors (Lipinski definition) is 0. The maximum atomic E-state index is 12.7. The zero-order chi connectivity index (χ0) is 18.0. The number of ketones is 1. The molecule has 0 saturated carbocycles. The maximum Gasteiger partial charge on any atom is 0.209 e. The monoisotopic (exact) mass is 356 g/mol. The van der Waals surface area contributed by atoms with Crippen molar-refractivity contribution in [1.82, 2.24) is 0 Å². The second kappa shape index (κ2) is 6.84. The van der Waals surface area contributed by atoms with Crippen molar-refractivity contribution in [2.75, 3.05) is 14.2 Å². The highest BCUT2D eigenvalue weighted by molar-refractivity contribution is 7.99. The molecular formula is C20H20O4S. The predicted molar refractivity (Wildman–Crippen MR) is 98.3 cm³/mol. The number of rotatable bonds is 5. The summed E-state index contributed by atoms with van der Waals surface area (Å²) in [5.74, 6) is 1.15. The summed E-state index contributed by atoms with van der Waals surface area (Å²) in [5, 5.41) is 0. The molecule has 4 nitrogen and oxygen atoms in total. The van der Waals surface area contributed by atoms with Gasteiger partial charge in [-0.3, -0.25) is 4.79 Å². The van der Waals surface area contributed by atoms with Gasteiger partial charge in [-0.2, -0.15) is 0 Å². The van der Waals surface area contributed by atoms with Crippen molar-refractivity contribution in [2.24, 2.45) is 0 Å². The van der Waals surface area contributed by atoms with Crippen molar-refractivity contribution in [3.63, 3.8) is 0 Å². The topological polar surface area (TPSA) is 44.8 Å². The van der Waals surface area contributed by atoms with E-state index in [2.05, 4.69) is 0 Å². The Labute approximate surface area is 151 Å². The van der Waals surface area contributed by atoms with E-state index in [0.29, 0.717) is 17.1 Å². The molecule has 0 N–H and O–H groups in total. The summed E-state index contributed by atoms with van der Waals surface area (Å²) in [6.45, 7) is 3.53. The van der Waals surface area contributed by atoms with Crippen LogP contribution < -0.4 is 9.47 Å². The summed E-state index contributed by atoms with van der Waals surface area (Å²) in [5.41, 5.74) is 0.475. The molecule has 130 valence electrons. The van der Waals surface area contributed by atoms with Crippen LogP contribution in [0.4, 0.5) is 0 Å². The zero-order valence-corrected chi connectivity index (χ0v) is 15.5. The van der Waals surface area contributed by atoms with Crippen molar-refractivity contribution < 1.29 is 19.0 Å². The van der Waals surface area contributed by atoms with E-state index in [9.17, 15) is 4.79 Å². The third-order valence-corrected chi connectivity index (χ3v) is 5.08. The first kappa shape index (κ1) is 17.4. The van der Waals surface area contributed by atoms with Gasteiger partial charge < -0.3 is 14.2 Å². The van der Waals surface area contributed by atoms with E-state index in [-0.39, 0.29) is 5.78 Å². The van der Waals surface area contributed by atoms with Crippen LogP contribution in [-0.2, 0) is 9.53 Å². The van der Waals surface area contributed by atoms with Gasteiger partial charge in [-0.15, -0.1) is 0 Å². The minimum Gasteiger partial charge on any atom is -0.493 e. The summed E-state index contributed by atoms with van der Waals surface area (Å²) < 4.78 is 16.4. The molecule has 0 aromatic heterocycles. The van der Waals surface area contributed by atoms with Gasteiger partial charge in [0.15, 0.2) is 17.1 Å². The van der Waals surface area contributed by atoms with Crippen LogP contribution in [0.5, 0.6) is 11.5 Å². The molecule has 0 aliphatic carbocycles. The molecule has 0 amide bonds. The molecular weight excluding hydrogens is 336 g/mol. The van der Waals surface area contributed by atoms with E-state index in [1.807, 2.05) is 42.5 Å². The largest absolute Gasteiger partial charge is 0.493 e. The number of ether oxygens (including phenoxy) is 3. The molecule has 1 aliphatic rings. The second-order valence-electron chi connectivity index (χ2n) is 6.11. The van der Waals surface area contributed by atoms with Crippen LogP contribution in [0.1, 0.15) is 19.4 Å². The minimum absolute atomic E-state index is 0.0466. The molecule has 25 heavy (non-hydrogen) atoms. The van der Waals surface area contributed by atoms with E-state index < -0.39 is 5.60 Å². The van der Waals surface area contributed by atoms with Gasteiger partial charge >= 0.3 is 0 Å². The van der Waals surface area contributed by atoms with Crippen LogP contribution in [0.2, 0.25) is 0 Å². The van der Waals surface area contributed by atoms with Crippen molar-refractivity contribution in [3.05, 3.63) is 54.3 Å². The van der Waals surface area contributed by atoms with Crippen molar-refractivity contribution >= 4 is 23.1 Å². The van der Waals surface area contributed by atoms with Crippen molar-refractivity contribution in [3.8, 4) is 11.5 Å². The van der Waals surface area contributed by atoms with Gasteiger partial charge in [-0.25, -0.2) is 0 Å². The fraction of sp³-hybridized carbons (Fsp3) is 0.250. The van der Waals surface area contributed by atoms with Gasteiger partial charge in [0.1, 0.15) is 0 Å². The molecule has 0 radical (unpaired) electrons. The number of Topliss-reactive ketones (excluding diaryl/α,β-unsaturated/α-hetero) is 1. The second-order valence-corrected chi connectivity index (χ2v) is 7.22. The molecule has 0 bridgehead atoms. The highest BCUT2D eigenvalue weighted by Crippen LogP contribution is 2.43. The van der Waals surface area contributed by atoms with E-state index in [1.165, 1.54) is 0 Å². The van der Waals surface area contributed by atoms with Crippen molar-refractivity contribution in [1.29, 1.82) is 0 Å². The average molecular weight is 356 g/mol. The lowest BCUT2D eigenvalue weighted by Gasteiger charge is -2.17.